The van der Waals surface area contributed by atoms with E-state index in [1.54, 1.807) is 0 Å². The van der Waals surface area contributed by atoms with Crippen molar-refractivity contribution in [1.82, 2.24) is 0 Å². The van der Waals surface area contributed by atoms with Gasteiger partial charge in [-0.25, -0.2) is 0 Å². The van der Waals surface area contributed by atoms with Crippen molar-refractivity contribution in [2.75, 3.05) is 0 Å². The predicted octanol–water partition coefficient (Wildman–Crippen LogP) is 1.19. The van der Waals surface area contributed by atoms with Crippen LogP contribution in [0.25, 0.3) is 0 Å². The van der Waals surface area contributed by atoms with E-state index in [0.717, 1.165) is 19.3 Å². The van der Waals surface area contributed by atoms with E-state index in [1.807, 2.05) is 6.08 Å². The first-order chi connectivity index (χ1) is 4.71. The zero-order valence-corrected chi connectivity index (χ0v) is 6.08. The fourth-order valence-corrected chi connectivity index (χ4v) is 1.18. The van der Waals surface area contributed by atoms with E-state index in [-0.39, 0.29) is 0 Å². The zero-order chi connectivity index (χ0) is 7.45. The van der Waals surface area contributed by atoms with E-state index in [4.69, 9.17) is 0 Å². The van der Waals surface area contributed by atoms with Gasteiger partial charge >= 0.3 is 0 Å². The summed E-state index contributed by atoms with van der Waals surface area (Å²) in [6, 6.07) is 0. The Hall–Kier alpha value is -0.340. The summed E-state index contributed by atoms with van der Waals surface area (Å²) in [6.45, 7) is 0. The van der Waals surface area contributed by atoms with E-state index < -0.39 is 5.79 Å². The van der Waals surface area contributed by atoms with Gasteiger partial charge in [0.1, 0.15) is 0 Å². The molecule has 0 spiro atoms. The molecule has 2 N–H and O–H groups in total. The first-order valence-corrected chi connectivity index (χ1v) is 3.80. The van der Waals surface area contributed by atoms with Crippen LogP contribution in [0.5, 0.6) is 0 Å². The second kappa shape index (κ2) is 3.17. The lowest BCUT2D eigenvalue weighted by Gasteiger charge is -2.21. The van der Waals surface area contributed by atoms with Gasteiger partial charge < -0.3 is 10.2 Å². The molecule has 1 rings (SSSR count). The molecule has 1 aliphatic carbocycles. The van der Waals surface area contributed by atoms with Gasteiger partial charge in [0.05, 0.1) is 0 Å². The van der Waals surface area contributed by atoms with Crippen LogP contribution in [0.2, 0.25) is 0 Å². The molecule has 2 heteroatoms. The molecule has 0 aromatic rings. The lowest BCUT2D eigenvalue weighted by atomic mass is 10.0. The van der Waals surface area contributed by atoms with Crippen molar-refractivity contribution in [1.29, 1.82) is 0 Å². The Morgan fingerprint density at radius 3 is 2.50 bits per heavy atom. The van der Waals surface area contributed by atoms with Gasteiger partial charge in [-0.3, -0.25) is 0 Å². The SMILES string of the molecule is OC1(O)CCC=CCCC1. The lowest BCUT2D eigenvalue weighted by molar-refractivity contribution is -0.170. The third-order valence-corrected chi connectivity index (χ3v) is 1.83. The molecule has 0 unspecified atom stereocenters. The van der Waals surface area contributed by atoms with Gasteiger partial charge in [-0.15, -0.1) is 0 Å². The molecule has 0 aliphatic heterocycles. The van der Waals surface area contributed by atoms with Crippen LogP contribution in [-0.2, 0) is 0 Å². The van der Waals surface area contributed by atoms with Gasteiger partial charge in [0.25, 0.3) is 0 Å². The molecule has 0 atom stereocenters. The fourth-order valence-electron chi connectivity index (χ4n) is 1.18. The Morgan fingerprint density at radius 1 is 1.00 bits per heavy atom. The number of allylic oxidation sites excluding steroid dienone is 2. The maximum Gasteiger partial charge on any atom is 0.162 e. The Labute approximate surface area is 61.2 Å². The lowest BCUT2D eigenvalue weighted by Crippen LogP contribution is -2.27. The molecule has 0 aromatic carbocycles. The van der Waals surface area contributed by atoms with Crippen molar-refractivity contribution in [3.05, 3.63) is 12.2 Å². The monoisotopic (exact) mass is 142 g/mol. The number of hydrogen-bond acceptors (Lipinski definition) is 2. The van der Waals surface area contributed by atoms with Crippen LogP contribution >= 0.6 is 0 Å². The average molecular weight is 142 g/mol. The smallest absolute Gasteiger partial charge is 0.162 e. The van der Waals surface area contributed by atoms with Crippen LogP contribution in [0.3, 0.4) is 0 Å². The van der Waals surface area contributed by atoms with Gasteiger partial charge in [-0.1, -0.05) is 12.2 Å². The summed E-state index contributed by atoms with van der Waals surface area (Å²) in [5, 5.41) is 18.4. The quantitative estimate of drug-likeness (QED) is 0.394. The van der Waals surface area contributed by atoms with Crippen LogP contribution in [0, 0.1) is 0 Å². The van der Waals surface area contributed by atoms with E-state index in [2.05, 4.69) is 6.08 Å². The normalized spacial score (nSPS) is 25.4. The maximum atomic E-state index is 9.20. The highest BCUT2D eigenvalue weighted by molar-refractivity contribution is 4.86. The first kappa shape index (κ1) is 7.76. The highest BCUT2D eigenvalue weighted by Gasteiger charge is 2.21. The Morgan fingerprint density at radius 2 is 1.70 bits per heavy atom. The van der Waals surface area contributed by atoms with Gasteiger partial charge in [0.2, 0.25) is 0 Å². The zero-order valence-electron chi connectivity index (χ0n) is 6.08. The Kier molecular flexibility index (Phi) is 2.46. The summed E-state index contributed by atoms with van der Waals surface area (Å²) in [5.74, 6) is -1.40. The summed E-state index contributed by atoms with van der Waals surface area (Å²) < 4.78 is 0. The molecule has 1 aliphatic rings. The fraction of sp³-hybridized carbons (Fsp3) is 0.750. The molecule has 0 saturated heterocycles. The van der Waals surface area contributed by atoms with Crippen molar-refractivity contribution in [3.63, 3.8) is 0 Å². The third kappa shape index (κ3) is 2.50. The molecular formula is C8H14O2. The van der Waals surface area contributed by atoms with Crippen LogP contribution < -0.4 is 0 Å². The van der Waals surface area contributed by atoms with Crippen LogP contribution in [0.15, 0.2) is 12.2 Å². The van der Waals surface area contributed by atoms with Gasteiger partial charge in [-0.05, 0) is 19.3 Å². The van der Waals surface area contributed by atoms with Gasteiger partial charge in [-0.2, -0.15) is 0 Å². The minimum Gasteiger partial charge on any atom is -0.366 e. The van der Waals surface area contributed by atoms with Gasteiger partial charge in [0, 0.05) is 12.8 Å². The standard InChI is InChI=1S/C8H14O2/c9-8(10)6-4-2-1-3-5-7-8/h1-2,9-10H,3-7H2. The van der Waals surface area contributed by atoms with E-state index in [9.17, 15) is 10.2 Å². The van der Waals surface area contributed by atoms with Gasteiger partial charge in [0.15, 0.2) is 5.79 Å². The maximum absolute atomic E-state index is 9.20. The van der Waals surface area contributed by atoms with Crippen molar-refractivity contribution in [2.24, 2.45) is 0 Å². The van der Waals surface area contributed by atoms with Crippen molar-refractivity contribution >= 4 is 0 Å². The summed E-state index contributed by atoms with van der Waals surface area (Å²) in [4.78, 5) is 0. The number of aliphatic hydroxyl groups is 2. The minimum absolute atomic E-state index is 0.476. The van der Waals surface area contributed by atoms with Crippen LogP contribution in [0.1, 0.15) is 32.1 Å². The van der Waals surface area contributed by atoms with Crippen molar-refractivity contribution < 1.29 is 10.2 Å². The molecule has 0 radical (unpaired) electrons. The number of rotatable bonds is 0. The third-order valence-electron chi connectivity index (χ3n) is 1.83. The topological polar surface area (TPSA) is 40.5 Å². The highest BCUT2D eigenvalue weighted by Crippen LogP contribution is 2.19. The van der Waals surface area contributed by atoms with E-state index in [1.165, 1.54) is 0 Å². The van der Waals surface area contributed by atoms with Crippen molar-refractivity contribution in [2.45, 2.75) is 37.9 Å². The molecule has 0 bridgehead atoms. The predicted molar refractivity (Wildman–Crippen MR) is 39.4 cm³/mol. The summed E-state index contributed by atoms with van der Waals surface area (Å²) in [7, 11) is 0. The van der Waals surface area contributed by atoms with E-state index in [0.29, 0.717) is 12.8 Å². The minimum atomic E-state index is -1.40. The largest absolute Gasteiger partial charge is 0.366 e. The van der Waals surface area contributed by atoms with E-state index >= 15 is 0 Å². The van der Waals surface area contributed by atoms with Crippen LogP contribution in [-0.4, -0.2) is 16.0 Å². The summed E-state index contributed by atoms with van der Waals surface area (Å²) >= 11 is 0. The molecule has 0 saturated carbocycles. The molecule has 2 nitrogen and oxygen atoms in total. The Balaban J connectivity index is 2.43. The second-order valence-corrected chi connectivity index (χ2v) is 2.88. The summed E-state index contributed by atoms with van der Waals surface area (Å²) in [5.41, 5.74) is 0. The van der Waals surface area contributed by atoms with Crippen LogP contribution in [0.4, 0.5) is 0 Å². The first-order valence-electron chi connectivity index (χ1n) is 3.80. The average Bonchev–Trinajstić information content (AvgIpc) is 1.81. The number of hydrogen-bond donors (Lipinski definition) is 2. The molecule has 0 aromatic heterocycles. The molecule has 58 valence electrons. The molecule has 0 fully saturated rings. The summed E-state index contributed by atoms with van der Waals surface area (Å²) in [6.07, 6.45) is 7.75. The molecule has 0 amide bonds. The highest BCUT2D eigenvalue weighted by atomic mass is 16.5. The second-order valence-electron chi connectivity index (χ2n) is 2.88. The molecular weight excluding hydrogens is 128 g/mol. The Bertz CT molecular complexity index is 127. The van der Waals surface area contributed by atoms with Crippen molar-refractivity contribution in [3.8, 4) is 0 Å². The molecule has 0 heterocycles. The molecule has 10 heavy (non-hydrogen) atoms.